The van der Waals surface area contributed by atoms with Gasteiger partial charge in [-0.25, -0.2) is 0 Å². The number of hydrogen-bond donors (Lipinski definition) is 1. The van der Waals surface area contributed by atoms with E-state index >= 15 is 0 Å². The molecule has 0 amide bonds. The molecule has 0 aliphatic rings. The summed E-state index contributed by atoms with van der Waals surface area (Å²) in [6.07, 6.45) is 1.80. The van der Waals surface area contributed by atoms with Crippen molar-refractivity contribution in [1.29, 1.82) is 0 Å². The molecule has 0 spiro atoms. The number of rotatable bonds is 2. The van der Waals surface area contributed by atoms with Gasteiger partial charge in [-0.3, -0.25) is 4.79 Å². The first kappa shape index (κ1) is 7.35. The fourth-order valence-corrected chi connectivity index (χ4v) is 0.876. The molecule has 0 aliphatic carbocycles. The van der Waals surface area contributed by atoms with Gasteiger partial charge >= 0.3 is 0 Å². The first-order valence-corrected chi connectivity index (χ1v) is 3.47. The second kappa shape index (κ2) is 3.42. The van der Waals surface area contributed by atoms with Crippen LogP contribution in [0.1, 0.15) is 10.8 Å². The molecule has 1 nitrogen and oxygen atoms in total. The molecule has 0 saturated carbocycles. The minimum Gasteiger partial charge on any atom is -0.289 e. The van der Waals surface area contributed by atoms with Crippen LogP contribution in [0.4, 0.5) is 0 Å². The maximum absolute atomic E-state index is 10.1. The maximum atomic E-state index is 10.1. The Morgan fingerprint density at radius 1 is 1.30 bits per heavy atom. The molecular weight excluding hydrogens is 144 g/mol. The molecule has 1 radical (unpaired) electrons. The summed E-state index contributed by atoms with van der Waals surface area (Å²) in [4.78, 5) is 10.1. The van der Waals surface area contributed by atoms with Gasteiger partial charge in [0.2, 0.25) is 6.29 Å². The molecule has 0 unspecified atom stereocenters. The Labute approximate surface area is 65.5 Å². The van der Waals surface area contributed by atoms with Crippen LogP contribution in [-0.2, 0) is 4.79 Å². The third-order valence-corrected chi connectivity index (χ3v) is 1.63. The molecule has 2 heteroatoms. The third kappa shape index (κ3) is 1.61. The molecule has 0 fully saturated rings. The first-order chi connectivity index (χ1) is 4.84. The molecule has 1 atom stereocenters. The Hall–Kier alpha value is -0.760. The van der Waals surface area contributed by atoms with Crippen LogP contribution in [0.15, 0.2) is 30.3 Å². The number of hydrogen-bond acceptors (Lipinski definition) is 2. The van der Waals surface area contributed by atoms with Crippen LogP contribution in [0.25, 0.3) is 0 Å². The van der Waals surface area contributed by atoms with E-state index in [4.69, 9.17) is 0 Å². The molecule has 0 N–H and O–H groups in total. The highest BCUT2D eigenvalue weighted by Gasteiger charge is 2.02. The standard InChI is InChI=1S/C8H7OS/c9-6-8(10)7-4-2-1-3-5-7/h1-5,8,10H/t8-/m1/s1. The normalized spacial score (nSPS) is 12.5. The van der Waals surface area contributed by atoms with Crippen molar-refractivity contribution in [3.8, 4) is 0 Å². The second-order valence-electron chi connectivity index (χ2n) is 1.93. The lowest BCUT2D eigenvalue weighted by Gasteiger charge is -1.98. The molecular formula is C8H7OS. The Morgan fingerprint density at radius 2 is 1.90 bits per heavy atom. The molecule has 0 heterocycles. The zero-order chi connectivity index (χ0) is 7.40. The van der Waals surface area contributed by atoms with Crippen LogP contribution in [0, 0.1) is 0 Å². The largest absolute Gasteiger partial charge is 0.289 e. The van der Waals surface area contributed by atoms with E-state index in [9.17, 15) is 4.79 Å². The van der Waals surface area contributed by atoms with Crippen LogP contribution in [0.3, 0.4) is 0 Å². The van der Waals surface area contributed by atoms with Crippen LogP contribution in [0.5, 0.6) is 0 Å². The lowest BCUT2D eigenvalue weighted by Crippen LogP contribution is -1.88. The fourth-order valence-electron chi connectivity index (χ4n) is 0.703. The minimum absolute atomic E-state index is 0.402. The van der Waals surface area contributed by atoms with Crippen molar-refractivity contribution in [2.24, 2.45) is 0 Å². The zero-order valence-electron chi connectivity index (χ0n) is 5.32. The van der Waals surface area contributed by atoms with Crippen LogP contribution < -0.4 is 0 Å². The van der Waals surface area contributed by atoms with Crippen molar-refractivity contribution in [1.82, 2.24) is 0 Å². The summed E-state index contributed by atoms with van der Waals surface area (Å²) in [7, 11) is 0. The van der Waals surface area contributed by atoms with Crippen LogP contribution in [-0.4, -0.2) is 6.29 Å². The number of benzene rings is 1. The predicted octanol–water partition coefficient (Wildman–Crippen LogP) is 1.77. The van der Waals surface area contributed by atoms with Gasteiger partial charge in [0.1, 0.15) is 0 Å². The van der Waals surface area contributed by atoms with E-state index in [1.54, 1.807) is 6.29 Å². The Balaban J connectivity index is 2.84. The van der Waals surface area contributed by atoms with Gasteiger partial charge in [-0.05, 0) is 5.56 Å². The van der Waals surface area contributed by atoms with Crippen LogP contribution in [0.2, 0.25) is 0 Å². The van der Waals surface area contributed by atoms with Crippen molar-refractivity contribution in [3.63, 3.8) is 0 Å². The van der Waals surface area contributed by atoms with Crippen molar-refractivity contribution in [2.45, 2.75) is 5.25 Å². The Bertz CT molecular complexity index is 208. The van der Waals surface area contributed by atoms with Gasteiger partial charge < -0.3 is 0 Å². The van der Waals surface area contributed by atoms with Gasteiger partial charge in [0.05, 0.1) is 5.25 Å². The first-order valence-electron chi connectivity index (χ1n) is 2.95. The van der Waals surface area contributed by atoms with Gasteiger partial charge in [-0.2, -0.15) is 12.6 Å². The average Bonchev–Trinajstić information content (AvgIpc) is 2.05. The zero-order valence-corrected chi connectivity index (χ0v) is 6.21. The average molecular weight is 151 g/mol. The minimum atomic E-state index is -0.402. The summed E-state index contributed by atoms with van der Waals surface area (Å²) >= 11 is 4.00. The molecule has 10 heavy (non-hydrogen) atoms. The van der Waals surface area contributed by atoms with E-state index in [1.165, 1.54) is 0 Å². The van der Waals surface area contributed by atoms with Gasteiger partial charge in [-0.15, -0.1) is 0 Å². The van der Waals surface area contributed by atoms with E-state index in [0.29, 0.717) is 0 Å². The summed E-state index contributed by atoms with van der Waals surface area (Å²) in [6, 6.07) is 9.34. The molecule has 1 rings (SSSR count). The number of thiol groups is 1. The smallest absolute Gasteiger partial charge is 0.216 e. The molecule has 0 aromatic heterocycles. The van der Waals surface area contributed by atoms with E-state index in [-0.39, 0.29) is 0 Å². The summed E-state index contributed by atoms with van der Waals surface area (Å²) < 4.78 is 0. The SMILES string of the molecule is O=[C][C@@H](S)c1ccccc1. The van der Waals surface area contributed by atoms with E-state index in [2.05, 4.69) is 12.6 Å². The topological polar surface area (TPSA) is 17.1 Å². The van der Waals surface area contributed by atoms with Crippen molar-refractivity contribution >= 4 is 18.9 Å². The van der Waals surface area contributed by atoms with Crippen molar-refractivity contribution in [2.75, 3.05) is 0 Å². The van der Waals surface area contributed by atoms with Gasteiger partial charge in [0.25, 0.3) is 0 Å². The number of carbonyl (C=O) groups excluding carboxylic acids is 1. The van der Waals surface area contributed by atoms with E-state index < -0.39 is 5.25 Å². The molecule has 0 aliphatic heterocycles. The molecule has 0 saturated heterocycles. The summed E-state index contributed by atoms with van der Waals surface area (Å²) in [5.74, 6) is 0. The monoisotopic (exact) mass is 151 g/mol. The molecule has 1 aromatic rings. The van der Waals surface area contributed by atoms with Gasteiger partial charge in [-0.1, -0.05) is 30.3 Å². The summed E-state index contributed by atoms with van der Waals surface area (Å²) in [5, 5.41) is -0.402. The summed E-state index contributed by atoms with van der Waals surface area (Å²) in [6.45, 7) is 0. The van der Waals surface area contributed by atoms with Crippen LogP contribution >= 0.6 is 12.6 Å². The van der Waals surface area contributed by atoms with Crippen molar-refractivity contribution in [3.05, 3.63) is 35.9 Å². The van der Waals surface area contributed by atoms with E-state index in [0.717, 1.165) is 5.56 Å². The van der Waals surface area contributed by atoms with Gasteiger partial charge in [0.15, 0.2) is 0 Å². The molecule has 0 bridgehead atoms. The lowest BCUT2D eigenvalue weighted by molar-refractivity contribution is 0.554. The maximum Gasteiger partial charge on any atom is 0.216 e. The third-order valence-electron chi connectivity index (χ3n) is 1.23. The fraction of sp³-hybridized carbons (Fsp3) is 0.125. The molecule has 51 valence electrons. The van der Waals surface area contributed by atoms with E-state index in [1.807, 2.05) is 30.3 Å². The highest BCUT2D eigenvalue weighted by molar-refractivity contribution is 7.81. The highest BCUT2D eigenvalue weighted by atomic mass is 32.1. The second-order valence-corrected chi connectivity index (χ2v) is 2.45. The Kier molecular flexibility index (Phi) is 2.51. The summed E-state index contributed by atoms with van der Waals surface area (Å²) in [5.41, 5.74) is 0.890. The highest BCUT2D eigenvalue weighted by Crippen LogP contribution is 2.15. The quantitative estimate of drug-likeness (QED) is 0.637. The van der Waals surface area contributed by atoms with Gasteiger partial charge in [0, 0.05) is 0 Å². The predicted molar refractivity (Wildman–Crippen MR) is 43.9 cm³/mol. The lowest BCUT2D eigenvalue weighted by atomic mass is 10.2. The molecule has 1 aromatic carbocycles. The Morgan fingerprint density at radius 3 is 2.40 bits per heavy atom. The van der Waals surface area contributed by atoms with Crippen molar-refractivity contribution < 1.29 is 4.79 Å².